The molecule has 0 aromatic heterocycles. The van der Waals surface area contributed by atoms with E-state index in [0.717, 1.165) is 43.1 Å². The van der Waals surface area contributed by atoms with E-state index in [4.69, 9.17) is 4.74 Å². The quantitative estimate of drug-likeness (QED) is 0.550. The van der Waals surface area contributed by atoms with Crippen LogP contribution in [0.5, 0.6) is 0 Å². The molecule has 34 heavy (non-hydrogen) atoms. The highest BCUT2D eigenvalue weighted by molar-refractivity contribution is 5.80. The van der Waals surface area contributed by atoms with Gasteiger partial charge in [0, 0.05) is 31.2 Å². The Kier molecular flexibility index (Phi) is 7.64. The van der Waals surface area contributed by atoms with Crippen LogP contribution >= 0.6 is 0 Å². The van der Waals surface area contributed by atoms with Gasteiger partial charge in [-0.25, -0.2) is 0 Å². The Morgan fingerprint density at radius 3 is 2.12 bits per heavy atom. The van der Waals surface area contributed by atoms with E-state index < -0.39 is 22.9 Å². The lowest BCUT2D eigenvalue weighted by Gasteiger charge is -2.42. The normalized spacial score (nSPS) is 16.2. The summed E-state index contributed by atoms with van der Waals surface area (Å²) < 4.78 is 43.7. The average Bonchev–Trinajstić information content (AvgIpc) is 2.77. The first-order chi connectivity index (χ1) is 15.8. The molecule has 0 bridgehead atoms. The fourth-order valence-electron chi connectivity index (χ4n) is 3.96. The summed E-state index contributed by atoms with van der Waals surface area (Å²) >= 11 is 0. The Morgan fingerprint density at radius 1 is 1.00 bits per heavy atom. The van der Waals surface area contributed by atoms with E-state index in [-0.39, 0.29) is 5.97 Å². The zero-order chi connectivity index (χ0) is 25.1. The van der Waals surface area contributed by atoms with Gasteiger partial charge in [0.05, 0.1) is 0 Å². The standard InChI is InChI=1S/C27H33F3N2O2/c1-25(2,3)34-24(33)26(4,5)32-16-14-23(15-17-32)31-18-19-6-8-20(9-7-19)21-10-12-22(13-11-21)27(28,29)30/h6-10,12,23,31H,14-18H2,1-5H3. The zero-order valence-electron chi connectivity index (χ0n) is 20.5. The molecule has 184 valence electrons. The molecule has 1 heterocycles. The molecular formula is C27H33F3N2O2. The topological polar surface area (TPSA) is 41.6 Å². The van der Waals surface area contributed by atoms with E-state index in [2.05, 4.69) is 22.3 Å². The van der Waals surface area contributed by atoms with Crippen LogP contribution in [0.4, 0.5) is 13.2 Å². The molecule has 1 aliphatic heterocycles. The summed E-state index contributed by atoms with van der Waals surface area (Å²) in [6, 6.07) is 15.3. The summed E-state index contributed by atoms with van der Waals surface area (Å²) in [6.07, 6.45) is -2.55. The van der Waals surface area contributed by atoms with Gasteiger partial charge in [-0.3, -0.25) is 9.69 Å². The molecule has 0 saturated carbocycles. The van der Waals surface area contributed by atoms with Crippen LogP contribution < -0.4 is 5.32 Å². The van der Waals surface area contributed by atoms with Crippen LogP contribution in [-0.4, -0.2) is 41.1 Å². The number of benzene rings is 1. The Labute approximate surface area is 200 Å². The number of nitrogens with zero attached hydrogens (tertiary/aromatic N) is 1. The van der Waals surface area contributed by atoms with E-state index in [0.29, 0.717) is 18.2 Å². The second-order valence-electron chi connectivity index (χ2n) is 10.3. The third-order valence-electron chi connectivity index (χ3n) is 6.10. The third-order valence-corrected chi connectivity index (χ3v) is 6.10. The molecule has 0 spiro atoms. The molecule has 0 amide bonds. The van der Waals surface area contributed by atoms with E-state index >= 15 is 0 Å². The van der Waals surface area contributed by atoms with Gasteiger partial charge in [0.15, 0.2) is 0 Å². The van der Waals surface area contributed by atoms with Crippen LogP contribution in [0.3, 0.4) is 0 Å². The summed E-state index contributed by atoms with van der Waals surface area (Å²) in [7, 11) is 0. The minimum absolute atomic E-state index is 0.200. The van der Waals surface area contributed by atoms with Crippen molar-refractivity contribution in [1.29, 1.82) is 0 Å². The predicted octanol–water partition coefficient (Wildman–Crippen LogP) is 5.65. The fraction of sp³-hybridized carbons (Fsp3) is 0.519. The number of hydrogen-bond donors (Lipinski definition) is 1. The van der Waals surface area contributed by atoms with Crippen molar-refractivity contribution in [3.05, 3.63) is 59.7 Å². The van der Waals surface area contributed by atoms with E-state index in [9.17, 15) is 18.0 Å². The summed E-state index contributed by atoms with van der Waals surface area (Å²) in [5.74, 6) is -0.200. The molecule has 1 aliphatic rings. The maximum atomic E-state index is 12.7. The van der Waals surface area contributed by atoms with Gasteiger partial charge in [0.25, 0.3) is 0 Å². The Hall–Kier alpha value is -2.56. The minimum Gasteiger partial charge on any atom is -0.459 e. The predicted molar refractivity (Wildman–Crippen MR) is 126 cm³/mol. The lowest BCUT2D eigenvalue weighted by molar-refractivity contribution is -0.168. The van der Waals surface area contributed by atoms with Gasteiger partial charge >= 0.3 is 12.1 Å². The van der Waals surface area contributed by atoms with Crippen LogP contribution in [0.25, 0.3) is 11.1 Å². The highest BCUT2D eigenvalue weighted by Crippen LogP contribution is 2.29. The number of hydrogen-bond acceptors (Lipinski definition) is 4. The van der Waals surface area contributed by atoms with E-state index in [1.165, 1.54) is 6.07 Å². The van der Waals surface area contributed by atoms with Crippen molar-refractivity contribution in [3.63, 3.8) is 0 Å². The molecule has 1 N–H and O–H groups in total. The summed E-state index contributed by atoms with van der Waals surface area (Å²) in [5.41, 5.74) is 0.473. The monoisotopic (exact) mass is 474 g/mol. The minimum atomic E-state index is -4.41. The van der Waals surface area contributed by atoms with Crippen LogP contribution in [0.1, 0.15) is 58.6 Å². The Morgan fingerprint density at radius 2 is 1.62 bits per heavy atom. The molecule has 0 aliphatic carbocycles. The number of halogens is 3. The fourth-order valence-corrected chi connectivity index (χ4v) is 3.96. The SMILES string of the molecule is CC(C)(C)OC(=O)C(C)(C)N1CCC(NCc2ccc(-c3c#cc(C(F)(F)F)cc3)cc2)CC1. The number of carbonyl (C=O) groups excluding carboxylic acids is 1. The first kappa shape index (κ1) is 26.1. The Bertz CT molecular complexity index is 953. The van der Waals surface area contributed by atoms with Crippen LogP contribution in [-0.2, 0) is 22.3 Å². The summed E-state index contributed by atoms with van der Waals surface area (Å²) in [6.45, 7) is 11.8. The summed E-state index contributed by atoms with van der Waals surface area (Å²) in [5, 5.41) is 3.58. The maximum Gasteiger partial charge on any atom is 0.424 e. The summed E-state index contributed by atoms with van der Waals surface area (Å²) in [4.78, 5) is 14.8. The highest BCUT2D eigenvalue weighted by atomic mass is 19.4. The number of piperidine rings is 1. The van der Waals surface area contributed by atoms with Gasteiger partial charge < -0.3 is 10.1 Å². The lowest BCUT2D eigenvalue weighted by atomic mass is 9.96. The van der Waals surface area contributed by atoms with Gasteiger partial charge in [0.1, 0.15) is 16.7 Å². The van der Waals surface area contributed by atoms with Crippen LogP contribution in [0.2, 0.25) is 0 Å². The largest absolute Gasteiger partial charge is 0.459 e. The van der Waals surface area contributed by atoms with Crippen molar-refractivity contribution in [1.82, 2.24) is 10.2 Å². The first-order valence-corrected chi connectivity index (χ1v) is 11.6. The maximum absolute atomic E-state index is 12.7. The second kappa shape index (κ2) is 9.97. The van der Waals surface area contributed by atoms with Crippen LogP contribution in [0, 0.1) is 12.1 Å². The van der Waals surface area contributed by atoms with Crippen LogP contribution in [0.15, 0.2) is 36.4 Å². The van der Waals surface area contributed by atoms with Gasteiger partial charge in [-0.05, 0) is 70.7 Å². The molecule has 0 atom stereocenters. The van der Waals surface area contributed by atoms with Gasteiger partial charge in [-0.15, -0.1) is 0 Å². The highest BCUT2D eigenvalue weighted by Gasteiger charge is 2.39. The first-order valence-electron chi connectivity index (χ1n) is 11.6. The van der Waals surface area contributed by atoms with Crippen molar-refractivity contribution in [2.75, 3.05) is 13.1 Å². The van der Waals surface area contributed by atoms with Crippen molar-refractivity contribution in [2.45, 2.75) is 77.4 Å². The molecule has 4 nitrogen and oxygen atoms in total. The van der Waals surface area contributed by atoms with Gasteiger partial charge in [-0.1, -0.05) is 36.4 Å². The number of nitrogens with one attached hydrogen (secondary N) is 1. The molecular weight excluding hydrogens is 441 g/mol. The number of esters is 1. The smallest absolute Gasteiger partial charge is 0.424 e. The van der Waals surface area contributed by atoms with E-state index in [1.54, 1.807) is 0 Å². The molecule has 7 heteroatoms. The number of carbonyl (C=O) groups is 1. The number of alkyl halides is 3. The number of likely N-dealkylation sites (tertiary alicyclic amines) is 1. The van der Waals surface area contributed by atoms with E-state index in [1.807, 2.05) is 58.9 Å². The molecule has 0 unspecified atom stereocenters. The zero-order valence-corrected chi connectivity index (χ0v) is 20.5. The molecule has 0 radical (unpaired) electrons. The molecule has 2 aromatic rings. The van der Waals surface area contributed by atoms with Gasteiger partial charge in [0.2, 0.25) is 0 Å². The third kappa shape index (κ3) is 6.74. The number of ether oxygens (including phenoxy) is 1. The molecule has 3 rings (SSSR count). The Balaban J connectivity index is 1.49. The van der Waals surface area contributed by atoms with Crippen molar-refractivity contribution in [2.24, 2.45) is 0 Å². The van der Waals surface area contributed by atoms with Crippen molar-refractivity contribution < 1.29 is 22.7 Å². The lowest BCUT2D eigenvalue weighted by Crippen LogP contribution is -2.56. The van der Waals surface area contributed by atoms with Crippen molar-refractivity contribution >= 4 is 5.97 Å². The second-order valence-corrected chi connectivity index (χ2v) is 10.3. The van der Waals surface area contributed by atoms with Gasteiger partial charge in [-0.2, -0.15) is 13.2 Å². The molecule has 2 aromatic carbocycles. The molecule has 1 saturated heterocycles. The molecule has 1 fully saturated rings. The van der Waals surface area contributed by atoms with Crippen molar-refractivity contribution in [3.8, 4) is 11.1 Å². The number of rotatable bonds is 6. The average molecular weight is 475 g/mol.